The van der Waals surface area contributed by atoms with Gasteiger partial charge in [-0.2, -0.15) is 5.10 Å². The zero-order valence-corrected chi connectivity index (χ0v) is 18.8. The number of nitrogens with one attached hydrogen (secondary N) is 1. The maximum atomic E-state index is 12.6. The number of hydrogen-bond acceptors (Lipinski definition) is 7. The van der Waals surface area contributed by atoms with Crippen LogP contribution in [-0.4, -0.2) is 39.9 Å². The lowest BCUT2D eigenvalue weighted by atomic mass is 10.1. The second kappa shape index (κ2) is 9.61. The van der Waals surface area contributed by atoms with Gasteiger partial charge >= 0.3 is 0 Å². The van der Waals surface area contributed by atoms with Crippen molar-refractivity contribution in [3.05, 3.63) is 71.8 Å². The van der Waals surface area contributed by atoms with E-state index in [-0.39, 0.29) is 18.4 Å². The zero-order chi connectivity index (χ0) is 22.5. The number of carbonyl (C=O) groups is 1. The molecule has 0 spiro atoms. The zero-order valence-electron chi connectivity index (χ0n) is 18.0. The summed E-state index contributed by atoms with van der Waals surface area (Å²) in [5.74, 6) is 1.22. The van der Waals surface area contributed by atoms with E-state index >= 15 is 0 Å². The number of methoxy groups -OCH3 is 2. The van der Waals surface area contributed by atoms with E-state index in [0.717, 1.165) is 27.5 Å². The van der Waals surface area contributed by atoms with Crippen molar-refractivity contribution in [3.8, 4) is 27.8 Å². The maximum Gasteiger partial charge on any atom is 0.226 e. The Morgan fingerprint density at radius 2 is 1.91 bits per heavy atom. The fourth-order valence-electron chi connectivity index (χ4n) is 3.29. The summed E-state index contributed by atoms with van der Waals surface area (Å²) in [5.41, 5.74) is 3.56. The van der Waals surface area contributed by atoms with Crippen LogP contribution >= 0.6 is 11.3 Å². The van der Waals surface area contributed by atoms with Gasteiger partial charge in [0, 0.05) is 10.9 Å². The Hall–Kier alpha value is -3.72. The normalized spacial score (nSPS) is 11.7. The van der Waals surface area contributed by atoms with E-state index in [9.17, 15) is 4.79 Å². The van der Waals surface area contributed by atoms with Crippen LogP contribution in [0.5, 0.6) is 11.5 Å². The number of thiazole rings is 1. The Bertz CT molecular complexity index is 1190. The van der Waals surface area contributed by atoms with Crippen LogP contribution in [0.15, 0.2) is 60.5 Å². The fraction of sp³-hybridized carbons (Fsp3) is 0.217. The molecule has 0 saturated heterocycles. The van der Waals surface area contributed by atoms with Gasteiger partial charge < -0.3 is 14.8 Å². The first-order chi connectivity index (χ1) is 15.6. The van der Waals surface area contributed by atoms with Crippen molar-refractivity contribution in [2.24, 2.45) is 0 Å². The molecule has 2 aromatic carbocycles. The number of amides is 1. The van der Waals surface area contributed by atoms with Crippen molar-refractivity contribution in [2.75, 3.05) is 14.2 Å². The van der Waals surface area contributed by atoms with Crippen molar-refractivity contribution >= 4 is 17.2 Å². The molecular weight excluding hydrogens is 426 g/mol. The van der Waals surface area contributed by atoms with E-state index in [0.29, 0.717) is 11.5 Å². The van der Waals surface area contributed by atoms with Crippen molar-refractivity contribution < 1.29 is 14.3 Å². The quantitative estimate of drug-likeness (QED) is 0.440. The molecule has 4 aromatic rings. The molecular formula is C23H23N5O3S. The number of carbonyl (C=O) groups excluding carboxylic acids is 1. The molecule has 2 aromatic heterocycles. The third-order valence-electron chi connectivity index (χ3n) is 4.98. The number of hydrogen-bond donors (Lipinski definition) is 1. The van der Waals surface area contributed by atoms with Gasteiger partial charge in [-0.25, -0.2) is 14.6 Å². The number of rotatable bonds is 8. The minimum absolute atomic E-state index is 0.0815. The highest BCUT2D eigenvalue weighted by molar-refractivity contribution is 7.13. The molecule has 0 aliphatic rings. The molecule has 0 aliphatic heterocycles. The second-order valence-corrected chi connectivity index (χ2v) is 7.97. The molecule has 0 bridgehead atoms. The van der Waals surface area contributed by atoms with E-state index in [2.05, 4.69) is 20.4 Å². The Balaban J connectivity index is 1.38. The van der Waals surface area contributed by atoms with Crippen LogP contribution in [-0.2, 0) is 11.2 Å². The van der Waals surface area contributed by atoms with Crippen LogP contribution in [0.25, 0.3) is 16.3 Å². The summed E-state index contributed by atoms with van der Waals surface area (Å²) >= 11 is 1.49. The number of ether oxygens (including phenoxy) is 2. The Morgan fingerprint density at radius 3 is 2.59 bits per heavy atom. The Kier molecular flexibility index (Phi) is 6.46. The summed E-state index contributed by atoms with van der Waals surface area (Å²) in [4.78, 5) is 21.1. The summed E-state index contributed by atoms with van der Waals surface area (Å²) in [7, 11) is 3.20. The number of aromatic nitrogens is 4. The SMILES string of the molecule is COc1ccc(-c2nc(CC(=O)N[C@H](C)c3ccc(-n4cncn4)cc3)cs2)cc1OC. The standard InChI is InChI=1S/C23H23N5O3S/c1-15(16-4-7-19(8-5-16)28-14-24-13-25-28)26-22(29)11-18-12-32-23(27-18)17-6-9-20(30-2)21(10-17)31-3/h4-10,12-15H,11H2,1-3H3,(H,26,29)/t15-/m1/s1. The van der Waals surface area contributed by atoms with Crippen molar-refractivity contribution in [2.45, 2.75) is 19.4 Å². The van der Waals surface area contributed by atoms with E-state index in [1.54, 1.807) is 25.2 Å². The molecule has 9 heteroatoms. The number of benzene rings is 2. The minimum atomic E-state index is -0.128. The first-order valence-corrected chi connectivity index (χ1v) is 10.9. The van der Waals surface area contributed by atoms with Crippen LogP contribution in [0, 0.1) is 0 Å². The molecule has 32 heavy (non-hydrogen) atoms. The summed E-state index contributed by atoms with van der Waals surface area (Å²) in [5, 5.41) is 9.88. The van der Waals surface area contributed by atoms with Crippen molar-refractivity contribution in [1.29, 1.82) is 0 Å². The van der Waals surface area contributed by atoms with Gasteiger partial charge in [0.05, 0.1) is 38.1 Å². The molecule has 1 amide bonds. The van der Waals surface area contributed by atoms with Crippen LogP contribution in [0.1, 0.15) is 24.2 Å². The van der Waals surface area contributed by atoms with Gasteiger partial charge in [0.15, 0.2) is 11.5 Å². The smallest absolute Gasteiger partial charge is 0.226 e. The average Bonchev–Trinajstić information content (AvgIpc) is 3.51. The predicted octanol–water partition coefficient (Wildman–Crippen LogP) is 3.83. The third-order valence-corrected chi connectivity index (χ3v) is 5.92. The van der Waals surface area contributed by atoms with Gasteiger partial charge in [0.1, 0.15) is 17.7 Å². The minimum Gasteiger partial charge on any atom is -0.493 e. The number of nitrogens with zero attached hydrogens (tertiary/aromatic N) is 4. The molecule has 0 unspecified atom stereocenters. The summed E-state index contributed by atoms with van der Waals surface area (Å²) in [6.07, 6.45) is 3.35. The van der Waals surface area contributed by atoms with E-state index in [4.69, 9.17) is 9.47 Å². The van der Waals surface area contributed by atoms with Gasteiger partial charge in [-0.3, -0.25) is 4.79 Å². The predicted molar refractivity (Wildman–Crippen MR) is 122 cm³/mol. The Labute approximate surface area is 189 Å². The average molecular weight is 450 g/mol. The van der Waals surface area contributed by atoms with Gasteiger partial charge in [0.25, 0.3) is 0 Å². The molecule has 0 fully saturated rings. The van der Waals surface area contributed by atoms with Crippen LogP contribution in [0.4, 0.5) is 0 Å². The lowest BCUT2D eigenvalue weighted by molar-refractivity contribution is -0.121. The molecule has 1 N–H and O–H groups in total. The van der Waals surface area contributed by atoms with Crippen LogP contribution in [0.3, 0.4) is 0 Å². The molecule has 1 atom stereocenters. The van der Waals surface area contributed by atoms with Crippen molar-refractivity contribution in [3.63, 3.8) is 0 Å². The molecule has 0 aliphatic carbocycles. The molecule has 8 nitrogen and oxygen atoms in total. The third kappa shape index (κ3) is 4.78. The molecule has 0 saturated carbocycles. The lowest BCUT2D eigenvalue weighted by Gasteiger charge is -2.14. The molecule has 2 heterocycles. The molecule has 0 radical (unpaired) electrons. The molecule has 164 valence electrons. The second-order valence-electron chi connectivity index (χ2n) is 7.11. The Morgan fingerprint density at radius 1 is 1.12 bits per heavy atom. The van der Waals surface area contributed by atoms with Gasteiger partial charge in [-0.15, -0.1) is 11.3 Å². The highest BCUT2D eigenvalue weighted by Crippen LogP contribution is 2.33. The largest absolute Gasteiger partial charge is 0.493 e. The first kappa shape index (κ1) is 21.5. The van der Waals surface area contributed by atoms with E-state index < -0.39 is 0 Å². The highest BCUT2D eigenvalue weighted by Gasteiger charge is 2.14. The van der Waals surface area contributed by atoms with Gasteiger partial charge in [-0.05, 0) is 42.8 Å². The summed E-state index contributed by atoms with van der Waals surface area (Å²) in [6, 6.07) is 13.4. The molecule has 4 rings (SSSR count). The summed E-state index contributed by atoms with van der Waals surface area (Å²) < 4.78 is 12.3. The van der Waals surface area contributed by atoms with Gasteiger partial charge in [-0.1, -0.05) is 12.1 Å². The first-order valence-electron chi connectivity index (χ1n) is 9.98. The highest BCUT2D eigenvalue weighted by atomic mass is 32.1. The van der Waals surface area contributed by atoms with Crippen LogP contribution in [0.2, 0.25) is 0 Å². The van der Waals surface area contributed by atoms with Crippen LogP contribution < -0.4 is 14.8 Å². The van der Waals surface area contributed by atoms with E-state index in [1.165, 1.54) is 17.7 Å². The monoisotopic (exact) mass is 449 g/mol. The topological polar surface area (TPSA) is 91.2 Å². The van der Waals surface area contributed by atoms with E-state index in [1.807, 2.05) is 54.8 Å². The van der Waals surface area contributed by atoms with Crippen molar-refractivity contribution in [1.82, 2.24) is 25.1 Å². The maximum absolute atomic E-state index is 12.6. The summed E-state index contributed by atoms with van der Waals surface area (Å²) in [6.45, 7) is 1.96. The van der Waals surface area contributed by atoms with Gasteiger partial charge in [0.2, 0.25) is 5.91 Å². The fourth-order valence-corrected chi connectivity index (χ4v) is 4.10. The lowest BCUT2D eigenvalue weighted by Crippen LogP contribution is -2.28.